The average Bonchev–Trinajstić information content (AvgIpc) is 3.28. The van der Waals surface area contributed by atoms with Crippen LogP contribution in [0.3, 0.4) is 0 Å². The van der Waals surface area contributed by atoms with E-state index in [0.717, 1.165) is 16.1 Å². The summed E-state index contributed by atoms with van der Waals surface area (Å²) in [5.41, 5.74) is -4.64. The van der Waals surface area contributed by atoms with Crippen LogP contribution in [0.15, 0.2) is 77.9 Å². The van der Waals surface area contributed by atoms with E-state index in [1.54, 1.807) is 48.5 Å². The molecule has 0 amide bonds. The topological polar surface area (TPSA) is 45.1 Å². The van der Waals surface area contributed by atoms with E-state index in [4.69, 9.17) is 16.3 Å². The van der Waals surface area contributed by atoms with Gasteiger partial charge in [0.05, 0.1) is 29.6 Å². The molecule has 1 atom stereocenters. The van der Waals surface area contributed by atoms with Crippen molar-refractivity contribution in [2.45, 2.75) is 30.4 Å². The SMILES string of the molecule is COc1ccccc1-c1ccc(C2CC(C(O)(C(F)(F)F)C(F)(F)F)=NN2c2ccccc2Cl)cc1. The number of hydrazone groups is 1. The zero-order chi connectivity index (χ0) is 26.3. The molecule has 0 aromatic heterocycles. The molecular formula is C25H19ClF6N2O2. The highest BCUT2D eigenvalue weighted by Crippen LogP contribution is 2.49. The van der Waals surface area contributed by atoms with Crippen LogP contribution in [-0.2, 0) is 0 Å². The van der Waals surface area contributed by atoms with Crippen molar-refractivity contribution in [2.75, 3.05) is 12.1 Å². The summed E-state index contributed by atoms with van der Waals surface area (Å²) < 4.78 is 86.9. The van der Waals surface area contributed by atoms with Crippen LogP contribution in [0.4, 0.5) is 32.0 Å². The molecule has 4 rings (SSSR count). The van der Waals surface area contributed by atoms with Gasteiger partial charge in [0.2, 0.25) is 0 Å². The van der Waals surface area contributed by atoms with Gasteiger partial charge in [-0.25, -0.2) is 0 Å². The minimum absolute atomic E-state index is 0.0701. The fourth-order valence-corrected chi connectivity index (χ4v) is 4.33. The Hall–Kier alpha value is -3.24. The van der Waals surface area contributed by atoms with E-state index in [1.165, 1.54) is 25.3 Å². The van der Waals surface area contributed by atoms with Gasteiger partial charge in [-0.3, -0.25) is 5.01 Å². The summed E-state index contributed by atoms with van der Waals surface area (Å²) in [5, 5.41) is 14.7. The smallest absolute Gasteiger partial charge is 0.431 e. The molecule has 0 spiro atoms. The van der Waals surface area contributed by atoms with E-state index in [0.29, 0.717) is 11.3 Å². The van der Waals surface area contributed by atoms with Crippen LogP contribution < -0.4 is 9.75 Å². The maximum atomic E-state index is 13.6. The minimum atomic E-state index is -6.04. The Bertz CT molecular complexity index is 1260. The first-order valence-electron chi connectivity index (χ1n) is 10.6. The van der Waals surface area contributed by atoms with E-state index < -0.39 is 36.1 Å². The van der Waals surface area contributed by atoms with Crippen LogP contribution >= 0.6 is 11.6 Å². The molecule has 1 aliphatic heterocycles. The maximum absolute atomic E-state index is 13.6. The first-order valence-corrected chi connectivity index (χ1v) is 11.0. The maximum Gasteiger partial charge on any atom is 0.431 e. The van der Waals surface area contributed by atoms with Crippen molar-refractivity contribution in [3.8, 4) is 16.9 Å². The van der Waals surface area contributed by atoms with Crippen LogP contribution in [0.1, 0.15) is 18.0 Å². The monoisotopic (exact) mass is 528 g/mol. The summed E-state index contributed by atoms with van der Waals surface area (Å²) in [6.45, 7) is 0. The summed E-state index contributed by atoms with van der Waals surface area (Å²) in [6, 6.07) is 18.5. The van der Waals surface area contributed by atoms with E-state index in [9.17, 15) is 31.4 Å². The molecule has 1 aliphatic rings. The number of rotatable bonds is 5. The Morgan fingerprint density at radius 1 is 0.889 bits per heavy atom. The van der Waals surface area contributed by atoms with Crippen LogP contribution in [0, 0.1) is 0 Å². The fourth-order valence-electron chi connectivity index (χ4n) is 4.10. The van der Waals surface area contributed by atoms with E-state index >= 15 is 0 Å². The Labute approximate surface area is 207 Å². The van der Waals surface area contributed by atoms with E-state index in [1.807, 2.05) is 6.07 Å². The van der Waals surface area contributed by atoms with Crippen LogP contribution in [0.5, 0.6) is 5.75 Å². The predicted molar refractivity (Wildman–Crippen MR) is 124 cm³/mol. The number of hydrogen-bond donors (Lipinski definition) is 1. The van der Waals surface area contributed by atoms with Gasteiger partial charge >= 0.3 is 12.4 Å². The number of benzene rings is 3. The van der Waals surface area contributed by atoms with E-state index in [-0.39, 0.29) is 10.7 Å². The van der Waals surface area contributed by atoms with Gasteiger partial charge in [0.1, 0.15) is 5.75 Å². The normalized spacial score (nSPS) is 16.8. The van der Waals surface area contributed by atoms with Crippen molar-refractivity contribution in [2.24, 2.45) is 5.10 Å². The molecule has 190 valence electrons. The molecule has 0 radical (unpaired) electrons. The number of nitrogens with zero attached hydrogens (tertiary/aromatic N) is 2. The molecule has 1 unspecified atom stereocenters. The number of aliphatic hydroxyl groups is 1. The zero-order valence-corrected chi connectivity index (χ0v) is 19.4. The summed E-state index contributed by atoms with van der Waals surface area (Å²) in [6.07, 6.45) is -12.9. The predicted octanol–water partition coefficient (Wildman–Crippen LogP) is 7.18. The lowest BCUT2D eigenvalue weighted by Crippen LogP contribution is -2.62. The third-order valence-corrected chi connectivity index (χ3v) is 6.28. The second kappa shape index (κ2) is 9.33. The van der Waals surface area contributed by atoms with Crippen molar-refractivity contribution in [1.82, 2.24) is 0 Å². The number of ether oxygens (including phenoxy) is 1. The Morgan fingerprint density at radius 2 is 1.47 bits per heavy atom. The third kappa shape index (κ3) is 4.39. The standard InChI is InChI=1S/C25H19ClF6N2O2/c1-36-21-9-5-2-6-17(21)15-10-12-16(13-11-15)20-14-22(23(35,24(27,28)29)25(30,31)32)33-34(20)19-8-4-3-7-18(19)26/h2-13,20,35H,14H2,1H3. The van der Waals surface area contributed by atoms with Crippen LogP contribution in [0.25, 0.3) is 11.1 Å². The van der Waals surface area contributed by atoms with Gasteiger partial charge in [0, 0.05) is 12.0 Å². The van der Waals surface area contributed by atoms with Crippen LogP contribution in [0.2, 0.25) is 5.02 Å². The van der Waals surface area contributed by atoms with Crippen molar-refractivity contribution in [3.05, 3.63) is 83.4 Å². The average molecular weight is 529 g/mol. The summed E-state index contributed by atoms with van der Waals surface area (Å²) in [7, 11) is 1.51. The van der Waals surface area contributed by atoms with Crippen molar-refractivity contribution >= 4 is 23.0 Å². The summed E-state index contributed by atoms with van der Waals surface area (Å²) >= 11 is 6.21. The highest BCUT2D eigenvalue weighted by molar-refractivity contribution is 6.33. The van der Waals surface area contributed by atoms with Gasteiger partial charge in [-0.2, -0.15) is 31.4 Å². The first-order chi connectivity index (χ1) is 16.9. The number of para-hydroxylation sites is 2. The molecule has 0 fully saturated rings. The molecule has 0 aliphatic carbocycles. The van der Waals surface area contributed by atoms with Gasteiger partial charge in [-0.15, -0.1) is 0 Å². The second-order valence-electron chi connectivity index (χ2n) is 8.09. The van der Waals surface area contributed by atoms with Crippen molar-refractivity contribution in [3.63, 3.8) is 0 Å². The molecule has 4 nitrogen and oxygen atoms in total. The lowest BCUT2D eigenvalue weighted by Gasteiger charge is -2.32. The number of alkyl halides is 6. The molecule has 3 aromatic rings. The van der Waals surface area contributed by atoms with Crippen molar-refractivity contribution in [1.29, 1.82) is 0 Å². The molecule has 0 bridgehead atoms. The molecule has 1 N–H and O–H groups in total. The Kier molecular flexibility index (Phi) is 6.70. The fraction of sp³-hybridized carbons (Fsp3) is 0.240. The lowest BCUT2D eigenvalue weighted by molar-refractivity contribution is -0.338. The molecule has 36 heavy (non-hydrogen) atoms. The van der Waals surface area contributed by atoms with Gasteiger partial charge in [-0.1, -0.05) is 66.2 Å². The van der Waals surface area contributed by atoms with Crippen LogP contribution in [-0.4, -0.2) is 35.9 Å². The quantitative estimate of drug-likeness (QED) is 0.357. The molecule has 0 saturated heterocycles. The zero-order valence-electron chi connectivity index (χ0n) is 18.6. The summed E-state index contributed by atoms with van der Waals surface area (Å²) in [4.78, 5) is 0. The highest BCUT2D eigenvalue weighted by Gasteiger charge is 2.74. The molecular weight excluding hydrogens is 510 g/mol. The summed E-state index contributed by atoms with van der Waals surface area (Å²) in [5.74, 6) is 0.592. The largest absolute Gasteiger partial charge is 0.496 e. The molecule has 11 heteroatoms. The molecule has 0 saturated carbocycles. The van der Waals surface area contributed by atoms with Gasteiger partial charge in [-0.05, 0) is 29.3 Å². The van der Waals surface area contributed by atoms with E-state index in [2.05, 4.69) is 5.10 Å². The third-order valence-electron chi connectivity index (χ3n) is 5.96. The van der Waals surface area contributed by atoms with Crippen molar-refractivity contribution < 1.29 is 36.2 Å². The first kappa shape index (κ1) is 25.8. The lowest BCUT2D eigenvalue weighted by atomic mass is 9.89. The number of anilines is 1. The van der Waals surface area contributed by atoms with Gasteiger partial charge in [0.15, 0.2) is 0 Å². The highest BCUT2D eigenvalue weighted by atomic mass is 35.5. The van der Waals surface area contributed by atoms with Gasteiger partial charge < -0.3 is 9.84 Å². The molecule has 3 aromatic carbocycles. The number of methoxy groups -OCH3 is 1. The Balaban J connectivity index is 1.79. The number of hydrogen-bond acceptors (Lipinski definition) is 4. The number of halogens is 7. The molecule has 1 heterocycles. The second-order valence-corrected chi connectivity index (χ2v) is 8.50. The Morgan fingerprint density at radius 3 is 2.06 bits per heavy atom. The van der Waals surface area contributed by atoms with Gasteiger partial charge in [0.25, 0.3) is 5.60 Å². The minimum Gasteiger partial charge on any atom is -0.496 e.